The fourth-order valence-electron chi connectivity index (χ4n) is 2.87. The third kappa shape index (κ3) is 2.20. The maximum atomic E-state index is 11.9. The number of rotatable bonds is 2. The van der Waals surface area contributed by atoms with Crippen LogP contribution in [0.2, 0.25) is 0 Å². The van der Waals surface area contributed by atoms with E-state index in [-0.39, 0.29) is 17.8 Å². The molecule has 2 aliphatic heterocycles. The van der Waals surface area contributed by atoms with Crippen LogP contribution in [-0.2, 0) is 0 Å². The van der Waals surface area contributed by atoms with E-state index in [1.54, 1.807) is 13.1 Å². The molecule has 2 aliphatic rings. The van der Waals surface area contributed by atoms with Crippen molar-refractivity contribution in [1.82, 2.24) is 15.2 Å². The normalized spacial score (nSPS) is 31.5. The topological polar surface area (TPSA) is 58.4 Å². The number of amides is 1. The van der Waals surface area contributed by atoms with E-state index in [0.29, 0.717) is 5.76 Å². The molecule has 5 heteroatoms. The summed E-state index contributed by atoms with van der Waals surface area (Å²) >= 11 is 0. The largest absolute Gasteiger partial charge is 0.438 e. The minimum Gasteiger partial charge on any atom is -0.438 e. The predicted molar refractivity (Wildman–Crippen MR) is 61.7 cm³/mol. The van der Waals surface area contributed by atoms with Gasteiger partial charge in [0.1, 0.15) is 5.76 Å². The van der Waals surface area contributed by atoms with Gasteiger partial charge in [0.05, 0.1) is 6.20 Å². The molecule has 1 N–H and O–H groups in total. The SMILES string of the molecule is Cc1cnc(C(=O)NC2CC3CCN(C3)C2)o1. The number of hydrogen-bond donors (Lipinski definition) is 1. The first-order chi connectivity index (χ1) is 8.20. The van der Waals surface area contributed by atoms with Crippen LogP contribution in [0.1, 0.15) is 29.3 Å². The second-order valence-corrected chi connectivity index (χ2v) is 5.10. The Morgan fingerprint density at radius 2 is 2.47 bits per heavy atom. The number of aryl methyl sites for hydroxylation is 1. The Balaban J connectivity index is 1.62. The maximum Gasteiger partial charge on any atom is 0.307 e. The van der Waals surface area contributed by atoms with Crippen LogP contribution >= 0.6 is 0 Å². The predicted octanol–water partition coefficient (Wildman–Crippen LogP) is 0.807. The smallest absolute Gasteiger partial charge is 0.307 e. The van der Waals surface area contributed by atoms with Gasteiger partial charge in [0, 0.05) is 19.1 Å². The average Bonchev–Trinajstić information content (AvgIpc) is 2.85. The number of oxazole rings is 1. The fraction of sp³-hybridized carbons (Fsp3) is 0.667. The van der Waals surface area contributed by atoms with Crippen molar-refractivity contribution in [2.75, 3.05) is 19.6 Å². The number of hydrogen-bond acceptors (Lipinski definition) is 4. The highest BCUT2D eigenvalue weighted by Crippen LogP contribution is 2.26. The fourth-order valence-corrected chi connectivity index (χ4v) is 2.87. The van der Waals surface area contributed by atoms with Gasteiger partial charge in [-0.25, -0.2) is 4.98 Å². The van der Waals surface area contributed by atoms with Crippen molar-refractivity contribution >= 4 is 5.91 Å². The second-order valence-electron chi connectivity index (χ2n) is 5.10. The van der Waals surface area contributed by atoms with Crippen LogP contribution in [0.3, 0.4) is 0 Å². The Labute approximate surface area is 100 Å². The van der Waals surface area contributed by atoms with Gasteiger partial charge in [0.15, 0.2) is 0 Å². The molecule has 5 nitrogen and oxygen atoms in total. The molecule has 0 spiro atoms. The molecule has 2 fully saturated rings. The molecule has 3 heterocycles. The molecule has 17 heavy (non-hydrogen) atoms. The first-order valence-corrected chi connectivity index (χ1v) is 6.16. The lowest BCUT2D eigenvalue weighted by Crippen LogP contribution is -2.47. The van der Waals surface area contributed by atoms with Crippen LogP contribution in [0.15, 0.2) is 10.6 Å². The summed E-state index contributed by atoms with van der Waals surface area (Å²) in [4.78, 5) is 18.2. The lowest BCUT2D eigenvalue weighted by Gasteiger charge is -2.30. The summed E-state index contributed by atoms with van der Waals surface area (Å²) in [5, 5.41) is 3.01. The van der Waals surface area contributed by atoms with Gasteiger partial charge >= 0.3 is 5.91 Å². The van der Waals surface area contributed by atoms with Gasteiger partial charge in [0.25, 0.3) is 5.89 Å². The monoisotopic (exact) mass is 235 g/mol. The third-order valence-electron chi connectivity index (χ3n) is 3.62. The van der Waals surface area contributed by atoms with Crippen LogP contribution in [0, 0.1) is 12.8 Å². The van der Waals surface area contributed by atoms with E-state index in [2.05, 4.69) is 15.2 Å². The van der Waals surface area contributed by atoms with Crippen molar-refractivity contribution < 1.29 is 9.21 Å². The highest BCUT2D eigenvalue weighted by atomic mass is 16.4. The molecule has 2 bridgehead atoms. The highest BCUT2D eigenvalue weighted by Gasteiger charge is 2.33. The minimum atomic E-state index is -0.189. The molecule has 0 saturated carbocycles. The van der Waals surface area contributed by atoms with Gasteiger partial charge < -0.3 is 14.6 Å². The van der Waals surface area contributed by atoms with Crippen molar-refractivity contribution in [3.63, 3.8) is 0 Å². The zero-order valence-corrected chi connectivity index (χ0v) is 9.98. The molecule has 0 aliphatic carbocycles. The summed E-state index contributed by atoms with van der Waals surface area (Å²) in [6.45, 7) is 5.12. The third-order valence-corrected chi connectivity index (χ3v) is 3.62. The maximum absolute atomic E-state index is 11.9. The minimum absolute atomic E-state index is 0.176. The number of nitrogens with one attached hydrogen (secondary N) is 1. The molecule has 3 rings (SSSR count). The highest BCUT2D eigenvalue weighted by molar-refractivity contribution is 5.89. The first kappa shape index (κ1) is 10.8. The number of aromatic nitrogens is 1. The number of carbonyl (C=O) groups excluding carboxylic acids is 1. The summed E-state index contributed by atoms with van der Waals surface area (Å²) in [5.41, 5.74) is 0. The average molecular weight is 235 g/mol. The van der Waals surface area contributed by atoms with Crippen LogP contribution < -0.4 is 5.32 Å². The Bertz CT molecular complexity index is 417. The Morgan fingerprint density at radius 3 is 3.18 bits per heavy atom. The van der Waals surface area contributed by atoms with Crippen molar-refractivity contribution in [3.05, 3.63) is 17.8 Å². The van der Waals surface area contributed by atoms with E-state index < -0.39 is 0 Å². The molecule has 92 valence electrons. The van der Waals surface area contributed by atoms with E-state index >= 15 is 0 Å². The Hall–Kier alpha value is -1.36. The standard InChI is InChI=1S/C12H17N3O2/c1-8-5-13-12(17-8)11(16)14-10-4-9-2-3-15(6-9)7-10/h5,9-10H,2-4,6-7H2,1H3,(H,14,16). The molecule has 1 aromatic heterocycles. The van der Waals surface area contributed by atoms with E-state index in [4.69, 9.17) is 4.42 Å². The van der Waals surface area contributed by atoms with Crippen molar-refractivity contribution in [3.8, 4) is 0 Å². The number of fused-ring (bicyclic) bond motifs is 2. The van der Waals surface area contributed by atoms with Crippen LogP contribution in [0.5, 0.6) is 0 Å². The van der Waals surface area contributed by atoms with Gasteiger partial charge in [-0.2, -0.15) is 0 Å². The van der Waals surface area contributed by atoms with E-state index in [1.165, 1.54) is 19.5 Å². The molecule has 0 aromatic carbocycles. The van der Waals surface area contributed by atoms with Gasteiger partial charge in [-0.3, -0.25) is 4.79 Å². The first-order valence-electron chi connectivity index (χ1n) is 6.16. The Kier molecular flexibility index (Phi) is 2.63. The molecule has 1 aromatic rings. The van der Waals surface area contributed by atoms with Crippen LogP contribution in [0.25, 0.3) is 0 Å². The van der Waals surface area contributed by atoms with Gasteiger partial charge in [0.2, 0.25) is 0 Å². The van der Waals surface area contributed by atoms with Gasteiger partial charge in [-0.1, -0.05) is 0 Å². The van der Waals surface area contributed by atoms with Crippen molar-refractivity contribution in [1.29, 1.82) is 0 Å². The number of nitrogens with zero attached hydrogens (tertiary/aromatic N) is 2. The molecular weight excluding hydrogens is 218 g/mol. The van der Waals surface area contributed by atoms with Crippen molar-refractivity contribution in [2.24, 2.45) is 5.92 Å². The quantitative estimate of drug-likeness (QED) is 0.824. The molecule has 2 saturated heterocycles. The zero-order chi connectivity index (χ0) is 11.8. The summed E-state index contributed by atoms with van der Waals surface area (Å²) in [7, 11) is 0. The van der Waals surface area contributed by atoms with E-state index in [1.807, 2.05) is 0 Å². The number of carbonyl (C=O) groups is 1. The van der Waals surface area contributed by atoms with Crippen LogP contribution in [0.4, 0.5) is 0 Å². The van der Waals surface area contributed by atoms with Crippen molar-refractivity contribution in [2.45, 2.75) is 25.8 Å². The van der Waals surface area contributed by atoms with Gasteiger partial charge in [-0.05, 0) is 32.2 Å². The molecular formula is C12H17N3O2. The van der Waals surface area contributed by atoms with E-state index in [0.717, 1.165) is 18.9 Å². The number of piperidine rings is 1. The lowest BCUT2D eigenvalue weighted by molar-refractivity contribution is 0.0873. The summed E-state index contributed by atoms with van der Waals surface area (Å²) < 4.78 is 5.22. The summed E-state index contributed by atoms with van der Waals surface area (Å²) in [5.74, 6) is 1.41. The summed E-state index contributed by atoms with van der Waals surface area (Å²) in [6, 6.07) is 0.246. The van der Waals surface area contributed by atoms with Gasteiger partial charge in [-0.15, -0.1) is 0 Å². The molecule has 0 radical (unpaired) electrons. The molecule has 3 atom stereocenters. The molecule has 3 unspecified atom stereocenters. The Morgan fingerprint density at radius 1 is 1.59 bits per heavy atom. The zero-order valence-electron chi connectivity index (χ0n) is 9.98. The lowest BCUT2D eigenvalue weighted by atomic mass is 9.97. The summed E-state index contributed by atoms with van der Waals surface area (Å²) in [6.07, 6.45) is 3.93. The van der Waals surface area contributed by atoms with E-state index in [9.17, 15) is 4.79 Å². The second kappa shape index (κ2) is 4.14. The molecule has 1 amide bonds. The van der Waals surface area contributed by atoms with Crippen LogP contribution in [-0.4, -0.2) is 41.5 Å².